The fourth-order valence-electron chi connectivity index (χ4n) is 11.5. The van der Waals surface area contributed by atoms with E-state index in [1.165, 1.54) is 5.71 Å². The van der Waals surface area contributed by atoms with Crippen molar-refractivity contribution in [3.63, 3.8) is 0 Å². The highest BCUT2D eigenvalue weighted by atomic mass is 35.5. The number of benzene rings is 1. The van der Waals surface area contributed by atoms with Gasteiger partial charge in [0.05, 0.1) is 77.4 Å². The van der Waals surface area contributed by atoms with Gasteiger partial charge in [0.25, 0.3) is 0 Å². The standard InChI is InChI=1S/C49H77ClN10O5S/c1-7-34(13-9-28(3)46-45-29(4)30(5)66-49(45)60-31(6)55-58-47(60)42(54-46)26-44(61)52-8-2)63-38-23-39(24-38)65-36-19-21-59(22-20-36)43-18-17-41(56-57-43)48(62)53-33-11-15-35(16-12-33)64-37-14-10-32(27-51)40(50)25-37/h10,14,25,28-31,33-36,38-39,41-43,45,47,49,55-58H,7-9,11-13,15-24,26H2,1-6H3,(H,52,61)(H,53,62)/t28?,29?,30?,31?,33?,34?,35?,38?,39?,41?,42-,43?,45?,47?,49?/m0/s1. The maximum absolute atomic E-state index is 13.2. The molecule has 11 atom stereocenters. The molecule has 0 bridgehead atoms. The molecule has 6 fully saturated rings. The summed E-state index contributed by atoms with van der Waals surface area (Å²) >= 11 is 8.26. The number of hydrogen-bond acceptors (Lipinski definition) is 14. The molecule has 8 rings (SSSR count). The smallest absolute Gasteiger partial charge is 0.238 e. The van der Waals surface area contributed by atoms with Crippen molar-refractivity contribution >= 4 is 40.9 Å². The second-order valence-corrected chi connectivity index (χ2v) is 22.2. The molecule has 2 aliphatic carbocycles. The number of aliphatic imine (C=N–C) groups is 1. The minimum absolute atomic E-state index is 0.0197. The van der Waals surface area contributed by atoms with Crippen molar-refractivity contribution in [1.82, 2.24) is 42.1 Å². The number of nitrogens with zero attached hydrogens (tertiary/aromatic N) is 4. The Morgan fingerprint density at radius 3 is 2.41 bits per heavy atom. The van der Waals surface area contributed by atoms with Crippen LogP contribution in [0.5, 0.6) is 5.75 Å². The highest BCUT2D eigenvalue weighted by Gasteiger charge is 2.53. The summed E-state index contributed by atoms with van der Waals surface area (Å²) in [5, 5.41) is 16.7. The molecular formula is C49H77ClN10O5S. The van der Waals surface area contributed by atoms with Crippen LogP contribution in [-0.2, 0) is 19.1 Å². The zero-order valence-corrected chi connectivity index (χ0v) is 41.7. The zero-order chi connectivity index (χ0) is 46.5. The van der Waals surface area contributed by atoms with E-state index in [1.54, 1.807) is 18.2 Å². The summed E-state index contributed by atoms with van der Waals surface area (Å²) in [6, 6.07) is 7.00. The molecule has 0 radical (unpaired) electrons. The van der Waals surface area contributed by atoms with E-state index in [0.717, 1.165) is 96.6 Å². The minimum Gasteiger partial charge on any atom is -0.490 e. The number of hydrazine groups is 2. The number of rotatable bonds is 17. The van der Waals surface area contributed by atoms with Crippen molar-refractivity contribution in [2.24, 2.45) is 22.7 Å². The van der Waals surface area contributed by atoms with E-state index in [-0.39, 0.29) is 79.0 Å². The van der Waals surface area contributed by atoms with Gasteiger partial charge in [-0.15, -0.1) is 11.8 Å². The van der Waals surface area contributed by atoms with Crippen molar-refractivity contribution in [1.29, 1.82) is 5.26 Å². The molecular weight excluding hydrogens is 876 g/mol. The van der Waals surface area contributed by atoms with Crippen molar-refractivity contribution in [2.75, 3.05) is 19.6 Å². The number of fused-ring (bicyclic) bond motifs is 3. The molecule has 2 amide bonds. The highest BCUT2D eigenvalue weighted by Crippen LogP contribution is 2.49. The lowest BCUT2D eigenvalue weighted by molar-refractivity contribution is -0.154. The lowest BCUT2D eigenvalue weighted by Crippen LogP contribution is -2.63. The van der Waals surface area contributed by atoms with Crippen LogP contribution in [0.4, 0.5) is 0 Å². The third-order valence-electron chi connectivity index (χ3n) is 15.7. The molecule has 17 heteroatoms. The van der Waals surface area contributed by atoms with Gasteiger partial charge in [-0.05, 0) is 121 Å². The molecule has 1 aromatic carbocycles. The summed E-state index contributed by atoms with van der Waals surface area (Å²) in [6.07, 6.45) is 13.9. The monoisotopic (exact) mass is 953 g/mol. The average molecular weight is 954 g/mol. The molecule has 66 heavy (non-hydrogen) atoms. The quantitative estimate of drug-likeness (QED) is 0.108. The molecule has 7 aliphatic rings. The molecule has 2 saturated carbocycles. The van der Waals surface area contributed by atoms with E-state index in [1.807, 2.05) is 6.92 Å². The second-order valence-electron chi connectivity index (χ2n) is 20.3. The van der Waals surface area contributed by atoms with Crippen molar-refractivity contribution in [3.8, 4) is 11.8 Å². The molecule has 15 nitrogen and oxygen atoms in total. The fourth-order valence-corrected chi connectivity index (χ4v) is 13.6. The third-order valence-corrected chi connectivity index (χ3v) is 17.7. The van der Waals surface area contributed by atoms with Gasteiger partial charge >= 0.3 is 0 Å². The first-order chi connectivity index (χ1) is 31.9. The molecule has 1 aromatic rings. The number of amides is 2. The zero-order valence-electron chi connectivity index (χ0n) is 40.1. The Hall–Kier alpha value is -2.56. The number of likely N-dealkylation sites (tertiary alicyclic amines) is 1. The number of nitriles is 1. The van der Waals surface area contributed by atoms with E-state index < -0.39 is 0 Å². The fraction of sp³-hybridized carbons (Fsp3) is 0.796. The number of hydrogen-bond donors (Lipinski definition) is 6. The maximum Gasteiger partial charge on any atom is 0.238 e. The Morgan fingerprint density at radius 1 is 0.955 bits per heavy atom. The Balaban J connectivity index is 0.719. The van der Waals surface area contributed by atoms with E-state index in [4.69, 9.17) is 36.1 Å². The van der Waals surface area contributed by atoms with Gasteiger partial charge in [-0.25, -0.2) is 21.7 Å². The van der Waals surface area contributed by atoms with Crippen LogP contribution in [0.25, 0.3) is 0 Å². The number of piperidine rings is 1. The van der Waals surface area contributed by atoms with Gasteiger partial charge in [-0.2, -0.15) is 5.26 Å². The predicted molar refractivity (Wildman–Crippen MR) is 259 cm³/mol. The molecule has 6 N–H and O–H groups in total. The summed E-state index contributed by atoms with van der Waals surface area (Å²) in [5.74, 6) is 1.95. The van der Waals surface area contributed by atoms with Crippen LogP contribution in [0.1, 0.15) is 137 Å². The van der Waals surface area contributed by atoms with Gasteiger partial charge in [0.1, 0.15) is 17.9 Å². The molecule has 5 heterocycles. The van der Waals surface area contributed by atoms with Crippen molar-refractivity contribution in [2.45, 2.75) is 209 Å². The van der Waals surface area contributed by atoms with Gasteiger partial charge in [-0.3, -0.25) is 24.4 Å². The molecule has 366 valence electrons. The number of carbonyl (C=O) groups is 2. The summed E-state index contributed by atoms with van der Waals surface area (Å²) < 4.78 is 19.5. The lowest BCUT2D eigenvalue weighted by atomic mass is 9.80. The number of ether oxygens (including phenoxy) is 3. The Labute approximate surface area is 402 Å². The van der Waals surface area contributed by atoms with E-state index in [0.29, 0.717) is 57.7 Å². The van der Waals surface area contributed by atoms with Crippen molar-refractivity contribution < 1.29 is 23.8 Å². The minimum atomic E-state index is -0.249. The Bertz CT molecular complexity index is 1860. The maximum atomic E-state index is 13.2. The first-order valence-electron chi connectivity index (χ1n) is 25.4. The van der Waals surface area contributed by atoms with Gasteiger partial charge in [0.15, 0.2) is 0 Å². The van der Waals surface area contributed by atoms with Gasteiger partial charge in [-0.1, -0.05) is 39.3 Å². The van der Waals surface area contributed by atoms with Crippen LogP contribution < -0.4 is 37.1 Å². The molecule has 0 spiro atoms. The largest absolute Gasteiger partial charge is 0.490 e. The summed E-state index contributed by atoms with van der Waals surface area (Å²) in [4.78, 5) is 36.8. The Kier molecular flexibility index (Phi) is 17.3. The predicted octanol–water partition coefficient (Wildman–Crippen LogP) is 5.97. The number of nitrogens with one attached hydrogen (secondary N) is 6. The number of thioether (sulfide) groups is 1. The molecule has 5 aliphatic heterocycles. The number of carbonyl (C=O) groups excluding carboxylic acids is 2. The first-order valence-corrected chi connectivity index (χ1v) is 26.7. The Morgan fingerprint density at radius 2 is 1.73 bits per heavy atom. The second kappa shape index (κ2) is 22.9. The summed E-state index contributed by atoms with van der Waals surface area (Å²) in [5.41, 5.74) is 15.5. The van der Waals surface area contributed by atoms with Crippen LogP contribution in [0.15, 0.2) is 23.2 Å². The SMILES string of the molecule is CCNC(=O)C[C@@H]1N=C(C(C)CCC(CC)OC2CC(OC3CCN(C4CCC(C(=O)NC5CCC(Oc6ccc(C#N)c(Cl)c6)CC5)NN4)CC3)C2)C2C(C)C(C)SC2N2C(C)NNC12. The van der Waals surface area contributed by atoms with E-state index in [9.17, 15) is 9.59 Å². The molecule has 10 unspecified atom stereocenters. The van der Waals surface area contributed by atoms with Crippen LogP contribution in [0.3, 0.4) is 0 Å². The molecule has 0 aromatic heterocycles. The lowest BCUT2D eigenvalue weighted by Gasteiger charge is -2.44. The van der Waals surface area contributed by atoms with Gasteiger partial charge < -0.3 is 24.8 Å². The van der Waals surface area contributed by atoms with E-state index in [2.05, 4.69) is 94.6 Å². The van der Waals surface area contributed by atoms with Crippen LogP contribution >= 0.6 is 23.4 Å². The number of halogens is 1. The van der Waals surface area contributed by atoms with Gasteiger partial charge in [0, 0.05) is 48.6 Å². The van der Waals surface area contributed by atoms with Crippen LogP contribution in [-0.4, -0.2) is 125 Å². The average Bonchev–Trinajstić information content (AvgIpc) is 3.78. The summed E-state index contributed by atoms with van der Waals surface area (Å²) in [6.45, 7) is 16.1. The summed E-state index contributed by atoms with van der Waals surface area (Å²) in [7, 11) is 0. The normalized spacial score (nSPS) is 36.2. The van der Waals surface area contributed by atoms with Crippen molar-refractivity contribution in [3.05, 3.63) is 28.8 Å². The molecule has 4 saturated heterocycles. The van der Waals surface area contributed by atoms with Crippen LogP contribution in [0.2, 0.25) is 5.02 Å². The van der Waals surface area contributed by atoms with Gasteiger partial charge in [0.2, 0.25) is 11.8 Å². The first kappa shape index (κ1) is 49.8. The van der Waals surface area contributed by atoms with E-state index >= 15 is 0 Å². The third kappa shape index (κ3) is 11.9. The highest BCUT2D eigenvalue weighted by molar-refractivity contribution is 8.00. The van der Waals surface area contributed by atoms with Crippen LogP contribution in [0, 0.1) is 29.1 Å². The topological polar surface area (TPSA) is 177 Å².